The van der Waals surface area contributed by atoms with Crippen LogP contribution in [0.25, 0.3) is 11.1 Å². The molecule has 160 valence electrons. The lowest BCUT2D eigenvalue weighted by atomic mass is 10.0. The van der Waals surface area contributed by atoms with Gasteiger partial charge in [0.05, 0.1) is 18.1 Å². The third kappa shape index (κ3) is 4.50. The van der Waals surface area contributed by atoms with Crippen LogP contribution in [0, 0.1) is 0 Å². The first-order valence-electron chi connectivity index (χ1n) is 10.2. The number of anilines is 1. The van der Waals surface area contributed by atoms with Crippen molar-refractivity contribution < 1.29 is 17.6 Å². The molecule has 1 aliphatic rings. The Morgan fingerprint density at radius 2 is 1.83 bits per heavy atom. The van der Waals surface area contributed by atoms with Gasteiger partial charge >= 0.3 is 0 Å². The van der Waals surface area contributed by atoms with Crippen molar-refractivity contribution in [1.29, 1.82) is 0 Å². The molecule has 0 aliphatic carbocycles. The van der Waals surface area contributed by atoms with Crippen LogP contribution in [0.15, 0.2) is 51.8 Å². The molecule has 0 atom stereocenters. The predicted molar refractivity (Wildman–Crippen MR) is 116 cm³/mol. The molecule has 0 saturated carbocycles. The maximum atomic E-state index is 12.7. The molecule has 7 nitrogen and oxygen atoms in total. The highest BCUT2D eigenvalue weighted by molar-refractivity contribution is 7.89. The summed E-state index contributed by atoms with van der Waals surface area (Å²) in [6.07, 6.45) is 0.730. The van der Waals surface area contributed by atoms with Gasteiger partial charge in [0.15, 0.2) is 5.58 Å². The Morgan fingerprint density at radius 3 is 2.53 bits per heavy atom. The highest BCUT2D eigenvalue weighted by atomic mass is 32.2. The minimum atomic E-state index is -3.45. The molecule has 0 bridgehead atoms. The number of oxazole rings is 1. The van der Waals surface area contributed by atoms with Gasteiger partial charge in [-0.3, -0.25) is 0 Å². The number of ether oxygens (including phenoxy) is 1. The first-order valence-corrected chi connectivity index (χ1v) is 11.7. The molecule has 1 N–H and O–H groups in total. The van der Waals surface area contributed by atoms with E-state index >= 15 is 0 Å². The van der Waals surface area contributed by atoms with E-state index in [9.17, 15) is 8.42 Å². The van der Waals surface area contributed by atoms with E-state index < -0.39 is 10.0 Å². The van der Waals surface area contributed by atoms with Gasteiger partial charge in [0.25, 0.3) is 6.01 Å². The van der Waals surface area contributed by atoms with Crippen LogP contribution in [-0.4, -0.2) is 50.6 Å². The van der Waals surface area contributed by atoms with E-state index in [1.165, 1.54) is 9.87 Å². The topological polar surface area (TPSA) is 84.7 Å². The maximum Gasteiger partial charge on any atom is 0.295 e. The fourth-order valence-electron chi connectivity index (χ4n) is 3.46. The van der Waals surface area contributed by atoms with E-state index in [1.54, 1.807) is 12.1 Å². The van der Waals surface area contributed by atoms with Gasteiger partial charge in [-0.1, -0.05) is 32.0 Å². The van der Waals surface area contributed by atoms with Crippen LogP contribution < -0.4 is 5.32 Å². The summed E-state index contributed by atoms with van der Waals surface area (Å²) in [5.74, 6) is 0.442. The van der Waals surface area contributed by atoms with Crippen molar-refractivity contribution in [2.75, 3.05) is 38.2 Å². The molecule has 2 aromatic carbocycles. The average molecular weight is 430 g/mol. The van der Waals surface area contributed by atoms with Gasteiger partial charge in [-0.25, -0.2) is 8.42 Å². The summed E-state index contributed by atoms with van der Waals surface area (Å²) in [5.41, 5.74) is 3.89. The number of nitrogens with one attached hydrogen (secondary N) is 1. The second kappa shape index (κ2) is 8.75. The zero-order chi connectivity index (χ0) is 21.1. The summed E-state index contributed by atoms with van der Waals surface area (Å²) in [5, 5.41) is 3.21. The van der Waals surface area contributed by atoms with Gasteiger partial charge in [-0.15, -0.1) is 0 Å². The Labute approximate surface area is 177 Å². The van der Waals surface area contributed by atoms with Gasteiger partial charge in [-0.05, 0) is 47.7 Å². The summed E-state index contributed by atoms with van der Waals surface area (Å²) in [7, 11) is -3.45. The summed E-state index contributed by atoms with van der Waals surface area (Å²) in [6, 6.07) is 13.6. The molecule has 30 heavy (non-hydrogen) atoms. The van der Waals surface area contributed by atoms with Crippen LogP contribution in [0.4, 0.5) is 6.01 Å². The van der Waals surface area contributed by atoms with E-state index in [2.05, 4.69) is 36.3 Å². The zero-order valence-electron chi connectivity index (χ0n) is 17.3. The second-order valence-electron chi connectivity index (χ2n) is 7.74. The van der Waals surface area contributed by atoms with Gasteiger partial charge < -0.3 is 14.5 Å². The third-order valence-corrected chi connectivity index (χ3v) is 7.21. The number of morpholine rings is 1. The average Bonchev–Trinajstić information content (AvgIpc) is 3.16. The fourth-order valence-corrected chi connectivity index (χ4v) is 4.87. The van der Waals surface area contributed by atoms with Crippen molar-refractivity contribution in [3.63, 3.8) is 0 Å². The number of nitrogens with zero attached hydrogens (tertiary/aromatic N) is 2. The van der Waals surface area contributed by atoms with E-state index in [-0.39, 0.29) is 0 Å². The van der Waals surface area contributed by atoms with Crippen molar-refractivity contribution in [3.05, 3.63) is 53.6 Å². The fraction of sp³-hybridized carbons (Fsp3) is 0.409. The predicted octanol–water partition coefficient (Wildman–Crippen LogP) is 3.63. The first-order chi connectivity index (χ1) is 14.4. The highest BCUT2D eigenvalue weighted by Gasteiger charge is 2.26. The van der Waals surface area contributed by atoms with Crippen molar-refractivity contribution in [1.82, 2.24) is 9.29 Å². The monoisotopic (exact) mass is 429 g/mol. The molecule has 0 radical (unpaired) electrons. The zero-order valence-corrected chi connectivity index (χ0v) is 18.1. The smallest absolute Gasteiger partial charge is 0.295 e. The van der Waals surface area contributed by atoms with E-state index in [0.29, 0.717) is 49.7 Å². The number of sulfonamides is 1. The summed E-state index contributed by atoms with van der Waals surface area (Å²) in [4.78, 5) is 4.83. The SMILES string of the molecule is CC(C)c1ccc2oc(NCCc3ccc(S(=O)(=O)N4CCOCC4)cc3)nc2c1. The molecule has 4 rings (SSSR count). The van der Waals surface area contributed by atoms with Gasteiger partial charge in [0, 0.05) is 19.6 Å². The highest BCUT2D eigenvalue weighted by Crippen LogP contribution is 2.24. The molecule has 1 saturated heterocycles. The molecule has 3 aromatic rings. The standard InChI is InChI=1S/C22H27N3O4S/c1-16(2)18-5-8-21-20(15-18)24-22(29-21)23-10-9-17-3-6-19(7-4-17)30(26,27)25-11-13-28-14-12-25/h3-8,15-16H,9-14H2,1-2H3,(H,23,24). The Balaban J connectivity index is 1.36. The van der Waals surface area contributed by atoms with Crippen LogP contribution >= 0.6 is 0 Å². The number of benzene rings is 2. The van der Waals surface area contributed by atoms with Crippen molar-refractivity contribution >= 4 is 27.1 Å². The van der Waals surface area contributed by atoms with Gasteiger partial charge in [0.1, 0.15) is 5.52 Å². The van der Waals surface area contributed by atoms with Crippen LogP contribution in [0.2, 0.25) is 0 Å². The lowest BCUT2D eigenvalue weighted by Crippen LogP contribution is -2.40. The molecule has 2 heterocycles. The molecule has 8 heteroatoms. The first kappa shape index (κ1) is 20.8. The van der Waals surface area contributed by atoms with E-state index in [0.717, 1.165) is 23.1 Å². The normalized spacial score (nSPS) is 15.7. The van der Waals surface area contributed by atoms with Crippen molar-refractivity contribution in [3.8, 4) is 0 Å². The number of rotatable bonds is 7. The molecule has 0 spiro atoms. The Hall–Kier alpha value is -2.42. The number of aromatic nitrogens is 1. The molecule has 1 fully saturated rings. The molecule has 0 unspecified atom stereocenters. The Kier molecular flexibility index (Phi) is 6.08. The van der Waals surface area contributed by atoms with Crippen LogP contribution in [-0.2, 0) is 21.2 Å². The van der Waals surface area contributed by atoms with Crippen LogP contribution in [0.1, 0.15) is 30.9 Å². The van der Waals surface area contributed by atoms with Gasteiger partial charge in [0.2, 0.25) is 10.0 Å². The molecule has 1 aliphatic heterocycles. The minimum Gasteiger partial charge on any atom is -0.424 e. The van der Waals surface area contributed by atoms with E-state index in [1.807, 2.05) is 18.2 Å². The molecular formula is C22H27N3O4S. The Morgan fingerprint density at radius 1 is 1.10 bits per heavy atom. The van der Waals surface area contributed by atoms with Crippen molar-refractivity contribution in [2.45, 2.75) is 31.1 Å². The molecular weight excluding hydrogens is 402 g/mol. The molecule has 0 amide bonds. The quantitative estimate of drug-likeness (QED) is 0.617. The van der Waals surface area contributed by atoms with Crippen LogP contribution in [0.3, 0.4) is 0 Å². The minimum absolute atomic E-state index is 0.320. The Bertz CT molecular complexity index is 1100. The maximum absolute atomic E-state index is 12.7. The lowest BCUT2D eigenvalue weighted by molar-refractivity contribution is 0.0730. The largest absolute Gasteiger partial charge is 0.424 e. The summed E-state index contributed by atoms with van der Waals surface area (Å²) >= 11 is 0. The molecule has 1 aromatic heterocycles. The van der Waals surface area contributed by atoms with E-state index in [4.69, 9.17) is 9.15 Å². The summed E-state index contributed by atoms with van der Waals surface area (Å²) in [6.45, 7) is 6.62. The number of hydrogen-bond acceptors (Lipinski definition) is 6. The van der Waals surface area contributed by atoms with Crippen molar-refractivity contribution in [2.24, 2.45) is 0 Å². The lowest BCUT2D eigenvalue weighted by Gasteiger charge is -2.26. The van der Waals surface area contributed by atoms with Gasteiger partial charge in [-0.2, -0.15) is 9.29 Å². The second-order valence-corrected chi connectivity index (χ2v) is 9.68. The van der Waals surface area contributed by atoms with Crippen LogP contribution in [0.5, 0.6) is 0 Å². The number of hydrogen-bond donors (Lipinski definition) is 1. The third-order valence-electron chi connectivity index (χ3n) is 5.30. The number of fused-ring (bicyclic) bond motifs is 1. The summed E-state index contributed by atoms with van der Waals surface area (Å²) < 4.78 is 37.8.